The highest BCUT2D eigenvalue weighted by Crippen LogP contribution is 2.39. The molecule has 0 fully saturated rings. The molecule has 7 heteroatoms. The zero-order valence-corrected chi connectivity index (χ0v) is 17.2. The summed E-state index contributed by atoms with van der Waals surface area (Å²) in [6, 6.07) is 3.92. The van der Waals surface area contributed by atoms with Gasteiger partial charge in [-0.15, -0.1) is 0 Å². The van der Waals surface area contributed by atoms with Crippen molar-refractivity contribution in [1.82, 2.24) is 4.57 Å². The van der Waals surface area contributed by atoms with Gasteiger partial charge in [-0.05, 0) is 73.8 Å². The summed E-state index contributed by atoms with van der Waals surface area (Å²) in [6.45, 7) is 0. The van der Waals surface area contributed by atoms with Crippen molar-refractivity contribution >= 4 is 23.3 Å². The van der Waals surface area contributed by atoms with Crippen LogP contribution in [0.2, 0.25) is 5.02 Å². The predicted molar refractivity (Wildman–Crippen MR) is 110 cm³/mol. The van der Waals surface area contributed by atoms with E-state index in [0.717, 1.165) is 54.3 Å². The van der Waals surface area contributed by atoms with E-state index in [1.165, 1.54) is 12.1 Å². The molecule has 0 spiro atoms. The van der Waals surface area contributed by atoms with Crippen LogP contribution in [0.4, 0.5) is 13.2 Å². The second-order valence-corrected chi connectivity index (χ2v) is 8.51. The van der Waals surface area contributed by atoms with Crippen LogP contribution in [-0.2, 0) is 30.2 Å². The molecule has 2 aliphatic rings. The van der Waals surface area contributed by atoms with Gasteiger partial charge in [0.2, 0.25) is 0 Å². The van der Waals surface area contributed by atoms with Gasteiger partial charge in [0.15, 0.2) is 0 Å². The maximum absolute atomic E-state index is 13.5. The first-order valence-corrected chi connectivity index (χ1v) is 10.6. The maximum atomic E-state index is 13.5. The van der Waals surface area contributed by atoms with Crippen LogP contribution in [0.5, 0.6) is 0 Å². The minimum Gasteiger partial charge on any atom is -0.481 e. The van der Waals surface area contributed by atoms with Crippen LogP contribution in [0.25, 0.3) is 5.70 Å². The number of nitrogens with zero attached hydrogens (tertiary/aromatic N) is 1. The highest BCUT2D eigenvalue weighted by Gasteiger charge is 2.34. The van der Waals surface area contributed by atoms with E-state index in [1.807, 2.05) is 12.3 Å². The van der Waals surface area contributed by atoms with Gasteiger partial charge in [0.25, 0.3) is 0 Å². The third kappa shape index (κ3) is 4.02. The third-order valence-corrected chi connectivity index (χ3v) is 6.59. The molecule has 1 N–H and O–H groups in total. The first-order chi connectivity index (χ1) is 14.3. The lowest BCUT2D eigenvalue weighted by molar-refractivity contribution is -0.142. The Balaban J connectivity index is 1.73. The summed E-state index contributed by atoms with van der Waals surface area (Å²) >= 11 is 6.20. The zero-order valence-electron chi connectivity index (χ0n) is 16.4. The molecule has 1 heterocycles. The van der Waals surface area contributed by atoms with E-state index >= 15 is 0 Å². The van der Waals surface area contributed by atoms with E-state index < -0.39 is 17.7 Å². The van der Waals surface area contributed by atoms with Crippen molar-refractivity contribution < 1.29 is 23.1 Å². The predicted octanol–water partition coefficient (Wildman–Crippen LogP) is 6.36. The maximum Gasteiger partial charge on any atom is 0.416 e. The fraction of sp³-hybridized carbons (Fsp3) is 0.435. The quantitative estimate of drug-likeness (QED) is 0.605. The molecule has 30 heavy (non-hydrogen) atoms. The fourth-order valence-electron chi connectivity index (χ4n) is 4.68. The molecule has 0 amide bonds. The van der Waals surface area contributed by atoms with E-state index in [-0.39, 0.29) is 22.9 Å². The van der Waals surface area contributed by atoms with Crippen molar-refractivity contribution in [2.45, 2.75) is 57.5 Å². The van der Waals surface area contributed by atoms with Crippen molar-refractivity contribution in [2.75, 3.05) is 0 Å². The number of fused-ring (bicyclic) bond motifs is 1. The van der Waals surface area contributed by atoms with Gasteiger partial charge in [-0.25, -0.2) is 0 Å². The van der Waals surface area contributed by atoms with Crippen LogP contribution in [0, 0.1) is 5.92 Å². The van der Waals surface area contributed by atoms with Gasteiger partial charge < -0.3 is 9.67 Å². The normalized spacial score (nSPS) is 19.3. The molecule has 3 nitrogen and oxygen atoms in total. The highest BCUT2D eigenvalue weighted by atomic mass is 35.5. The van der Waals surface area contributed by atoms with Crippen LogP contribution in [0.15, 0.2) is 30.5 Å². The summed E-state index contributed by atoms with van der Waals surface area (Å²) in [5.74, 6) is -1.14. The van der Waals surface area contributed by atoms with E-state index in [0.29, 0.717) is 19.3 Å². The van der Waals surface area contributed by atoms with E-state index in [9.17, 15) is 23.1 Å². The number of carboxylic acid groups (broad SMARTS) is 1. The molecule has 0 radical (unpaired) electrons. The van der Waals surface area contributed by atoms with Crippen LogP contribution in [0.1, 0.15) is 60.1 Å². The number of benzene rings is 1. The summed E-state index contributed by atoms with van der Waals surface area (Å²) in [7, 11) is 0. The fourth-order valence-corrected chi connectivity index (χ4v) is 4.92. The number of hydrogen-bond donors (Lipinski definition) is 1. The lowest BCUT2D eigenvalue weighted by atomic mass is 9.90. The standard InChI is InChI=1S/C23H23ClF3NO2/c24-20-6-3-5-19(23(25,26)27)18(20)12-15-13-28(21-7-2-1-4-17(15)21)16-10-8-14(9-11-16)22(29)30/h3,5-6,10,13-14H,1-2,4,7-9,11-12H2,(H,29,30). The Bertz CT molecular complexity index is 1010. The molecule has 0 aliphatic heterocycles. The summed E-state index contributed by atoms with van der Waals surface area (Å²) in [5, 5.41) is 9.36. The number of rotatable bonds is 4. The Morgan fingerprint density at radius 3 is 2.63 bits per heavy atom. The minimum absolute atomic E-state index is 0.112. The molecule has 1 atom stereocenters. The molecule has 0 saturated heterocycles. The minimum atomic E-state index is -4.46. The van der Waals surface area contributed by atoms with Gasteiger partial charge in [-0.2, -0.15) is 13.2 Å². The van der Waals surface area contributed by atoms with Gasteiger partial charge in [-0.1, -0.05) is 23.7 Å². The Kier molecular flexibility index (Phi) is 5.71. The van der Waals surface area contributed by atoms with E-state index in [2.05, 4.69) is 4.57 Å². The van der Waals surface area contributed by atoms with Gasteiger partial charge in [0, 0.05) is 29.0 Å². The van der Waals surface area contributed by atoms with Crippen LogP contribution in [-0.4, -0.2) is 15.6 Å². The summed E-state index contributed by atoms with van der Waals surface area (Å²) in [5.41, 5.74) is 3.62. The van der Waals surface area contributed by atoms with E-state index in [4.69, 9.17) is 11.6 Å². The lowest BCUT2D eigenvalue weighted by Crippen LogP contribution is -2.18. The van der Waals surface area contributed by atoms with Crippen molar-refractivity contribution in [2.24, 2.45) is 5.92 Å². The number of halogens is 4. The smallest absolute Gasteiger partial charge is 0.416 e. The number of carbonyl (C=O) groups is 1. The van der Waals surface area contributed by atoms with Crippen molar-refractivity contribution in [3.63, 3.8) is 0 Å². The molecule has 1 aromatic carbocycles. The highest BCUT2D eigenvalue weighted by molar-refractivity contribution is 6.31. The molecule has 0 saturated carbocycles. The molecule has 2 aliphatic carbocycles. The molecule has 4 rings (SSSR count). The second-order valence-electron chi connectivity index (χ2n) is 8.10. The first kappa shape index (κ1) is 21.0. The topological polar surface area (TPSA) is 42.2 Å². The summed E-state index contributed by atoms with van der Waals surface area (Å²) < 4.78 is 42.7. The Labute approximate surface area is 178 Å². The monoisotopic (exact) mass is 437 g/mol. The number of alkyl halides is 3. The number of aliphatic carboxylic acids is 1. The average molecular weight is 438 g/mol. The second kappa shape index (κ2) is 8.14. The summed E-state index contributed by atoms with van der Waals surface area (Å²) in [6.07, 6.45) is 5.08. The summed E-state index contributed by atoms with van der Waals surface area (Å²) in [4.78, 5) is 11.2. The molecule has 160 valence electrons. The van der Waals surface area contributed by atoms with Gasteiger partial charge in [0.1, 0.15) is 0 Å². The lowest BCUT2D eigenvalue weighted by Gasteiger charge is -2.22. The first-order valence-electron chi connectivity index (χ1n) is 10.2. The molecular formula is C23H23ClF3NO2. The van der Waals surface area contributed by atoms with Crippen molar-refractivity contribution in [3.8, 4) is 0 Å². The number of allylic oxidation sites excluding steroid dienone is 2. The molecule has 2 aromatic rings. The number of carboxylic acids is 1. The molecular weight excluding hydrogens is 415 g/mol. The molecule has 0 bridgehead atoms. The number of hydrogen-bond acceptors (Lipinski definition) is 1. The third-order valence-electron chi connectivity index (χ3n) is 6.24. The Morgan fingerprint density at radius 2 is 1.97 bits per heavy atom. The van der Waals surface area contributed by atoms with Gasteiger partial charge in [-0.3, -0.25) is 4.79 Å². The van der Waals surface area contributed by atoms with Crippen molar-refractivity contribution in [1.29, 1.82) is 0 Å². The SMILES string of the molecule is O=C(O)C1CC=C(n2cc(Cc3c(Cl)cccc3C(F)(F)F)c3c2CCCC3)CC1. The number of aromatic nitrogens is 1. The molecule has 1 unspecified atom stereocenters. The largest absolute Gasteiger partial charge is 0.481 e. The Hall–Kier alpha value is -2.21. The van der Waals surface area contributed by atoms with E-state index in [1.54, 1.807) is 0 Å². The zero-order chi connectivity index (χ0) is 21.5. The van der Waals surface area contributed by atoms with Crippen LogP contribution in [0.3, 0.4) is 0 Å². The Morgan fingerprint density at radius 1 is 1.20 bits per heavy atom. The van der Waals surface area contributed by atoms with Gasteiger partial charge in [0.05, 0.1) is 11.5 Å². The molecule has 1 aromatic heterocycles. The average Bonchev–Trinajstić information content (AvgIpc) is 3.07. The van der Waals surface area contributed by atoms with Crippen LogP contribution >= 0.6 is 11.6 Å². The van der Waals surface area contributed by atoms with Crippen LogP contribution < -0.4 is 0 Å². The van der Waals surface area contributed by atoms with Crippen molar-refractivity contribution in [3.05, 3.63) is 63.4 Å². The van der Waals surface area contributed by atoms with Gasteiger partial charge >= 0.3 is 12.1 Å².